The van der Waals surface area contributed by atoms with E-state index in [1.165, 1.54) is 30.6 Å². The molecule has 0 aromatic heterocycles. The van der Waals surface area contributed by atoms with Crippen LogP contribution in [0.25, 0.3) is 0 Å². The van der Waals surface area contributed by atoms with E-state index >= 15 is 0 Å². The standard InChI is InChI=1S/C19H32N2/c1-6-11-20-19(18-9-7-14(2)8-10-18)17(5)21-12-15(3)16(4)13-21/h7-10,15-17,19-20H,6,11-13H2,1-5H3. The number of hydrogen-bond donors (Lipinski definition) is 1. The van der Waals surface area contributed by atoms with Crippen molar-refractivity contribution in [2.45, 2.75) is 53.1 Å². The lowest BCUT2D eigenvalue weighted by Gasteiger charge is -2.33. The van der Waals surface area contributed by atoms with E-state index in [1.54, 1.807) is 0 Å². The van der Waals surface area contributed by atoms with Gasteiger partial charge in [0.1, 0.15) is 0 Å². The van der Waals surface area contributed by atoms with Crippen molar-refractivity contribution in [3.63, 3.8) is 0 Å². The van der Waals surface area contributed by atoms with E-state index in [0.717, 1.165) is 18.4 Å². The lowest BCUT2D eigenvalue weighted by Crippen LogP contribution is -2.42. The zero-order valence-electron chi connectivity index (χ0n) is 14.4. The first-order valence-electron chi connectivity index (χ1n) is 8.57. The number of nitrogens with one attached hydrogen (secondary N) is 1. The van der Waals surface area contributed by atoms with Crippen LogP contribution >= 0.6 is 0 Å². The van der Waals surface area contributed by atoms with Gasteiger partial charge in [-0.15, -0.1) is 0 Å². The van der Waals surface area contributed by atoms with Crippen LogP contribution in [0.3, 0.4) is 0 Å². The molecule has 1 aliphatic heterocycles. The molecular formula is C19H32N2. The molecule has 21 heavy (non-hydrogen) atoms. The third-order valence-electron chi connectivity index (χ3n) is 5.13. The third-order valence-corrected chi connectivity index (χ3v) is 5.13. The monoisotopic (exact) mass is 288 g/mol. The Morgan fingerprint density at radius 1 is 1.14 bits per heavy atom. The molecule has 0 amide bonds. The lowest BCUT2D eigenvalue weighted by molar-refractivity contribution is 0.198. The van der Waals surface area contributed by atoms with Gasteiger partial charge in [-0.05, 0) is 44.2 Å². The Labute approximate surface area is 130 Å². The maximum Gasteiger partial charge on any atom is 0.0475 e. The molecule has 0 bridgehead atoms. The molecule has 1 fully saturated rings. The highest BCUT2D eigenvalue weighted by atomic mass is 15.2. The Balaban J connectivity index is 2.13. The second-order valence-electron chi connectivity index (χ2n) is 6.99. The smallest absolute Gasteiger partial charge is 0.0475 e. The van der Waals surface area contributed by atoms with Crippen LogP contribution < -0.4 is 5.32 Å². The van der Waals surface area contributed by atoms with Crippen LogP contribution in [0.1, 0.15) is 51.3 Å². The molecule has 2 rings (SSSR count). The fourth-order valence-electron chi connectivity index (χ4n) is 3.36. The van der Waals surface area contributed by atoms with Crippen molar-refractivity contribution < 1.29 is 0 Å². The average molecular weight is 288 g/mol. The van der Waals surface area contributed by atoms with Crippen LogP contribution in [-0.2, 0) is 0 Å². The van der Waals surface area contributed by atoms with Gasteiger partial charge in [-0.25, -0.2) is 0 Å². The molecule has 1 saturated heterocycles. The quantitative estimate of drug-likeness (QED) is 0.851. The van der Waals surface area contributed by atoms with Crippen LogP contribution in [-0.4, -0.2) is 30.6 Å². The van der Waals surface area contributed by atoms with E-state index in [-0.39, 0.29) is 0 Å². The Morgan fingerprint density at radius 3 is 2.24 bits per heavy atom. The Kier molecular flexibility index (Phi) is 5.83. The van der Waals surface area contributed by atoms with Crippen molar-refractivity contribution in [3.8, 4) is 0 Å². The van der Waals surface area contributed by atoms with Crippen molar-refractivity contribution in [2.75, 3.05) is 19.6 Å². The minimum atomic E-state index is 0.433. The molecule has 1 heterocycles. The maximum absolute atomic E-state index is 3.77. The summed E-state index contributed by atoms with van der Waals surface area (Å²) in [5.41, 5.74) is 2.76. The van der Waals surface area contributed by atoms with Gasteiger partial charge in [-0.2, -0.15) is 0 Å². The van der Waals surface area contributed by atoms with Crippen molar-refractivity contribution in [1.82, 2.24) is 10.2 Å². The molecule has 1 aliphatic rings. The maximum atomic E-state index is 3.77. The first kappa shape index (κ1) is 16.5. The van der Waals surface area contributed by atoms with Gasteiger partial charge in [0.15, 0.2) is 0 Å². The normalized spacial score (nSPS) is 26.0. The van der Waals surface area contributed by atoms with Gasteiger partial charge in [0, 0.05) is 25.2 Å². The molecule has 1 N–H and O–H groups in total. The fraction of sp³-hybridized carbons (Fsp3) is 0.684. The van der Waals surface area contributed by atoms with Crippen molar-refractivity contribution in [3.05, 3.63) is 35.4 Å². The molecule has 2 nitrogen and oxygen atoms in total. The van der Waals surface area contributed by atoms with Crippen molar-refractivity contribution >= 4 is 0 Å². The summed E-state index contributed by atoms with van der Waals surface area (Å²) < 4.78 is 0. The summed E-state index contributed by atoms with van der Waals surface area (Å²) in [6.07, 6.45) is 1.18. The van der Waals surface area contributed by atoms with E-state index in [4.69, 9.17) is 0 Å². The predicted molar refractivity (Wildman–Crippen MR) is 91.6 cm³/mol. The lowest BCUT2D eigenvalue weighted by atomic mass is 9.98. The first-order valence-corrected chi connectivity index (χ1v) is 8.57. The molecule has 0 saturated carbocycles. The van der Waals surface area contributed by atoms with Crippen molar-refractivity contribution in [1.29, 1.82) is 0 Å². The van der Waals surface area contributed by atoms with E-state index in [9.17, 15) is 0 Å². The SMILES string of the molecule is CCCNC(c1ccc(C)cc1)C(C)N1CC(C)C(C)C1. The first-order chi connectivity index (χ1) is 10.0. The number of rotatable bonds is 6. The zero-order chi connectivity index (χ0) is 15.4. The van der Waals surface area contributed by atoms with E-state index in [0.29, 0.717) is 12.1 Å². The van der Waals surface area contributed by atoms with E-state index < -0.39 is 0 Å². The summed E-state index contributed by atoms with van der Waals surface area (Å²) >= 11 is 0. The zero-order valence-corrected chi connectivity index (χ0v) is 14.4. The van der Waals surface area contributed by atoms with Gasteiger partial charge in [-0.1, -0.05) is 50.6 Å². The second-order valence-corrected chi connectivity index (χ2v) is 6.99. The number of hydrogen-bond acceptors (Lipinski definition) is 2. The highest BCUT2D eigenvalue weighted by Crippen LogP contribution is 2.29. The summed E-state index contributed by atoms with van der Waals surface area (Å²) in [5, 5.41) is 3.77. The Hall–Kier alpha value is -0.860. The fourth-order valence-corrected chi connectivity index (χ4v) is 3.36. The molecule has 0 aliphatic carbocycles. The number of likely N-dealkylation sites (tertiary alicyclic amines) is 1. The number of benzene rings is 1. The predicted octanol–water partition coefficient (Wildman–Crippen LogP) is 4.01. The van der Waals surface area contributed by atoms with Crippen LogP contribution in [0.5, 0.6) is 0 Å². The van der Waals surface area contributed by atoms with E-state index in [2.05, 4.69) is 69.1 Å². The molecule has 118 valence electrons. The van der Waals surface area contributed by atoms with Crippen LogP contribution in [0, 0.1) is 18.8 Å². The molecule has 0 radical (unpaired) electrons. The van der Waals surface area contributed by atoms with Gasteiger partial charge < -0.3 is 5.32 Å². The third kappa shape index (κ3) is 4.08. The molecule has 2 heteroatoms. The minimum Gasteiger partial charge on any atom is -0.309 e. The second kappa shape index (κ2) is 7.42. The molecule has 4 atom stereocenters. The summed E-state index contributed by atoms with van der Waals surface area (Å²) in [6, 6.07) is 10.0. The van der Waals surface area contributed by atoms with Gasteiger partial charge in [0.25, 0.3) is 0 Å². The van der Waals surface area contributed by atoms with Gasteiger partial charge in [-0.3, -0.25) is 4.90 Å². The number of aryl methyl sites for hydroxylation is 1. The van der Waals surface area contributed by atoms with Crippen LogP contribution in [0.2, 0.25) is 0 Å². The summed E-state index contributed by atoms with van der Waals surface area (Å²) in [4.78, 5) is 2.67. The number of nitrogens with zero attached hydrogens (tertiary/aromatic N) is 1. The van der Waals surface area contributed by atoms with Crippen LogP contribution in [0.4, 0.5) is 0 Å². The van der Waals surface area contributed by atoms with Crippen molar-refractivity contribution in [2.24, 2.45) is 11.8 Å². The average Bonchev–Trinajstić information content (AvgIpc) is 2.80. The van der Waals surface area contributed by atoms with E-state index in [1.807, 2.05) is 0 Å². The molecular weight excluding hydrogens is 256 g/mol. The van der Waals surface area contributed by atoms with Crippen LogP contribution in [0.15, 0.2) is 24.3 Å². The Morgan fingerprint density at radius 2 is 1.71 bits per heavy atom. The van der Waals surface area contributed by atoms with Gasteiger partial charge in [0.2, 0.25) is 0 Å². The topological polar surface area (TPSA) is 15.3 Å². The summed E-state index contributed by atoms with van der Waals surface area (Å²) in [7, 11) is 0. The van der Waals surface area contributed by atoms with Gasteiger partial charge >= 0.3 is 0 Å². The molecule has 1 aromatic carbocycles. The highest BCUT2D eigenvalue weighted by molar-refractivity contribution is 5.25. The highest BCUT2D eigenvalue weighted by Gasteiger charge is 2.32. The minimum absolute atomic E-state index is 0.433. The molecule has 1 aromatic rings. The molecule has 0 spiro atoms. The Bertz CT molecular complexity index is 416. The van der Waals surface area contributed by atoms with Gasteiger partial charge in [0.05, 0.1) is 0 Å². The summed E-state index contributed by atoms with van der Waals surface area (Å²) in [6.45, 7) is 15.1. The molecule has 4 unspecified atom stereocenters. The largest absolute Gasteiger partial charge is 0.309 e. The summed E-state index contributed by atoms with van der Waals surface area (Å²) in [5.74, 6) is 1.63.